The van der Waals surface area contributed by atoms with Crippen LogP contribution in [0.5, 0.6) is 0 Å². The van der Waals surface area contributed by atoms with Gasteiger partial charge in [-0.1, -0.05) is 75.8 Å². The Morgan fingerprint density at radius 2 is 1.08 bits per heavy atom. The van der Waals surface area contributed by atoms with Crippen LogP contribution in [0.1, 0.15) is 154 Å². The van der Waals surface area contributed by atoms with E-state index in [2.05, 4.69) is 40.3 Å². The van der Waals surface area contributed by atoms with E-state index in [0.29, 0.717) is 42.4 Å². The molecule has 2 aromatic heterocycles. The standard InChI is InChI=1S/C28H38N4O3.C23H36N4O3/c1-32(18-15-21-9-4-2-5-10-21)26-23(27(35)30-22-11-6-3-7-12-22)13-14-24(31-26)28(19-25(33)34)16-8-17-29-20-28;1-3-14-27(2)21-18(22(30)25-17-8-5-4-6-9-17)10-11-19(26-21)23(15-20(28)29)12-7-13-24-16-23/h2,4-5,9-10,13-14,22,29H,3,6-8,11-12,15-20H2,1H3,(H,30,35)(H,33,34);10-11,17,24H,3-9,12-16H2,1-2H3,(H,25,30)(H,28,29)/t28-;23-/m00/s1. The third-order valence-corrected chi connectivity index (χ3v) is 14.0. The second-order valence-electron chi connectivity index (χ2n) is 19.1. The molecule has 4 aliphatic rings. The molecule has 0 spiro atoms. The van der Waals surface area contributed by atoms with E-state index in [1.54, 1.807) is 0 Å². The van der Waals surface area contributed by atoms with Crippen molar-refractivity contribution in [2.75, 3.05) is 63.2 Å². The number of amides is 2. The zero-order chi connectivity index (χ0) is 46.2. The van der Waals surface area contributed by atoms with Crippen molar-refractivity contribution in [3.05, 3.63) is 82.7 Å². The van der Waals surface area contributed by atoms with Gasteiger partial charge in [0.05, 0.1) is 35.4 Å². The maximum atomic E-state index is 13.4. The second kappa shape index (κ2) is 23.9. The van der Waals surface area contributed by atoms with Gasteiger partial charge >= 0.3 is 11.9 Å². The number of carbonyl (C=O) groups is 4. The molecular formula is C51H74N8O6. The summed E-state index contributed by atoms with van der Waals surface area (Å²) in [7, 11) is 3.92. The Labute approximate surface area is 386 Å². The van der Waals surface area contributed by atoms with Gasteiger partial charge in [0.25, 0.3) is 11.8 Å². The molecular weight excluding hydrogens is 821 g/mol. The van der Waals surface area contributed by atoms with Crippen LogP contribution < -0.4 is 31.1 Å². The first-order chi connectivity index (χ1) is 31.4. The topological polar surface area (TPSA) is 189 Å². The third kappa shape index (κ3) is 13.5. The van der Waals surface area contributed by atoms with Crippen molar-refractivity contribution >= 4 is 35.4 Å². The van der Waals surface area contributed by atoms with Crippen molar-refractivity contribution < 1.29 is 29.4 Å². The molecule has 4 fully saturated rings. The maximum Gasteiger partial charge on any atom is 0.304 e. The van der Waals surface area contributed by atoms with Crippen molar-refractivity contribution in [2.24, 2.45) is 0 Å². The highest BCUT2D eigenvalue weighted by Crippen LogP contribution is 2.37. The Bertz CT molecular complexity index is 2020. The Morgan fingerprint density at radius 3 is 1.48 bits per heavy atom. The van der Waals surface area contributed by atoms with Gasteiger partial charge in [0, 0.05) is 63.2 Å². The van der Waals surface area contributed by atoms with Crippen LogP contribution in [-0.2, 0) is 26.8 Å². The van der Waals surface area contributed by atoms with Crippen LogP contribution in [0, 0.1) is 0 Å². The Morgan fingerprint density at radius 1 is 0.631 bits per heavy atom. The molecule has 4 heterocycles. The summed E-state index contributed by atoms with van der Waals surface area (Å²) in [5.74, 6) is -0.531. The van der Waals surface area contributed by atoms with Gasteiger partial charge in [-0.25, -0.2) is 9.97 Å². The summed E-state index contributed by atoms with van der Waals surface area (Å²) in [5, 5.41) is 32.4. The van der Waals surface area contributed by atoms with Gasteiger partial charge in [0.2, 0.25) is 0 Å². The molecule has 65 heavy (non-hydrogen) atoms. The number of anilines is 2. The number of piperidine rings is 2. The number of benzene rings is 1. The second-order valence-corrected chi connectivity index (χ2v) is 19.1. The van der Waals surface area contributed by atoms with Crippen LogP contribution in [0.25, 0.3) is 0 Å². The highest BCUT2D eigenvalue weighted by Gasteiger charge is 2.40. The lowest BCUT2D eigenvalue weighted by atomic mass is 9.74. The van der Waals surface area contributed by atoms with Crippen LogP contribution in [0.3, 0.4) is 0 Å². The minimum atomic E-state index is -0.825. The van der Waals surface area contributed by atoms with Gasteiger partial charge in [-0.3, -0.25) is 19.2 Å². The van der Waals surface area contributed by atoms with Crippen LogP contribution in [0.15, 0.2) is 54.6 Å². The van der Waals surface area contributed by atoms with Gasteiger partial charge in [-0.2, -0.15) is 0 Å². The fourth-order valence-electron chi connectivity index (χ4n) is 10.4. The van der Waals surface area contributed by atoms with Crippen molar-refractivity contribution in [3.8, 4) is 0 Å². The first kappa shape index (κ1) is 49.4. The predicted molar refractivity (Wildman–Crippen MR) is 256 cm³/mol. The molecule has 6 N–H and O–H groups in total. The van der Waals surface area contributed by atoms with E-state index in [1.807, 2.05) is 66.4 Å². The minimum Gasteiger partial charge on any atom is -0.481 e. The molecule has 2 aliphatic carbocycles. The van der Waals surface area contributed by atoms with E-state index in [1.165, 1.54) is 18.4 Å². The first-order valence-electron chi connectivity index (χ1n) is 24.4. The Kier molecular flexibility index (Phi) is 18.2. The third-order valence-electron chi connectivity index (χ3n) is 14.0. The number of aliphatic carboxylic acids is 2. The summed E-state index contributed by atoms with van der Waals surface area (Å²) in [5.41, 5.74) is 2.77. The fourth-order valence-corrected chi connectivity index (χ4v) is 10.4. The van der Waals surface area contributed by atoms with Crippen molar-refractivity contribution in [1.82, 2.24) is 31.2 Å². The summed E-state index contributed by atoms with van der Waals surface area (Å²) in [6, 6.07) is 18.2. The molecule has 0 radical (unpaired) electrons. The van der Waals surface area contributed by atoms with Crippen molar-refractivity contribution in [3.63, 3.8) is 0 Å². The number of rotatable bonds is 17. The maximum absolute atomic E-state index is 13.4. The molecule has 3 aromatic rings. The van der Waals surface area contributed by atoms with Crippen LogP contribution in [0.4, 0.5) is 11.6 Å². The lowest BCUT2D eigenvalue weighted by molar-refractivity contribution is -0.139. The van der Waals surface area contributed by atoms with E-state index in [4.69, 9.17) is 9.97 Å². The molecule has 7 rings (SSSR count). The number of carboxylic acids is 2. The Hall–Kier alpha value is -5.08. The number of hydrogen-bond donors (Lipinski definition) is 6. The minimum absolute atomic E-state index is 0.0216. The van der Waals surface area contributed by atoms with Crippen LogP contribution in [-0.4, -0.2) is 109 Å². The SMILES string of the molecule is CCCN(C)c1nc([C@]2(CC(=O)O)CCCNC2)ccc1C(=O)NC1CCCCC1.CN(CCc1ccccc1)c1nc([C@]2(CC(=O)O)CCCNC2)ccc1C(=O)NC1CCCCC1. The smallest absolute Gasteiger partial charge is 0.304 e. The highest BCUT2D eigenvalue weighted by atomic mass is 16.4. The van der Waals surface area contributed by atoms with Crippen molar-refractivity contribution in [2.45, 2.75) is 145 Å². The van der Waals surface area contributed by atoms with Crippen LogP contribution >= 0.6 is 0 Å². The largest absolute Gasteiger partial charge is 0.481 e. The molecule has 0 bridgehead atoms. The molecule has 1 aromatic carbocycles. The van der Waals surface area contributed by atoms with Gasteiger partial charge < -0.3 is 41.3 Å². The van der Waals surface area contributed by atoms with Gasteiger partial charge in [-0.15, -0.1) is 0 Å². The van der Waals surface area contributed by atoms with E-state index >= 15 is 0 Å². The fraction of sp³-hybridized carbons (Fsp3) is 0.608. The molecule has 2 saturated heterocycles. The lowest BCUT2D eigenvalue weighted by Gasteiger charge is -2.37. The zero-order valence-corrected chi connectivity index (χ0v) is 39.1. The lowest BCUT2D eigenvalue weighted by Crippen LogP contribution is -2.45. The molecule has 2 saturated carbocycles. The normalized spacial score (nSPS) is 21.6. The number of nitrogens with zero attached hydrogens (tertiary/aromatic N) is 4. The summed E-state index contributed by atoms with van der Waals surface area (Å²) in [6.07, 6.45) is 16.4. The number of carbonyl (C=O) groups excluding carboxylic acids is 2. The van der Waals surface area contributed by atoms with E-state index < -0.39 is 22.8 Å². The molecule has 2 aliphatic heterocycles. The number of carboxylic acid groups (broad SMARTS) is 2. The first-order valence-corrected chi connectivity index (χ1v) is 24.4. The van der Waals surface area contributed by atoms with Gasteiger partial charge in [-0.05, 0) is 107 Å². The molecule has 14 heteroatoms. The van der Waals surface area contributed by atoms with Crippen LogP contribution in [0.2, 0.25) is 0 Å². The zero-order valence-electron chi connectivity index (χ0n) is 39.1. The average Bonchev–Trinajstić information content (AvgIpc) is 3.32. The monoisotopic (exact) mass is 895 g/mol. The van der Waals surface area contributed by atoms with E-state index in [0.717, 1.165) is 121 Å². The average molecular weight is 895 g/mol. The van der Waals surface area contributed by atoms with Crippen molar-refractivity contribution in [1.29, 1.82) is 0 Å². The number of pyridine rings is 2. The number of likely N-dealkylation sites (N-methyl/N-ethyl adjacent to an activating group) is 1. The predicted octanol–water partition coefficient (Wildman–Crippen LogP) is 7.01. The summed E-state index contributed by atoms with van der Waals surface area (Å²) < 4.78 is 0. The molecule has 2 atom stereocenters. The quantitative estimate of drug-likeness (QED) is 0.0815. The summed E-state index contributed by atoms with van der Waals surface area (Å²) in [6.45, 7) is 6.53. The summed E-state index contributed by atoms with van der Waals surface area (Å²) in [4.78, 5) is 63.9. The van der Waals surface area contributed by atoms with Gasteiger partial charge in [0.1, 0.15) is 11.6 Å². The molecule has 354 valence electrons. The highest BCUT2D eigenvalue weighted by molar-refractivity contribution is 6.00. The van der Waals surface area contributed by atoms with Gasteiger partial charge in [0.15, 0.2) is 0 Å². The summed E-state index contributed by atoms with van der Waals surface area (Å²) >= 11 is 0. The Balaban J connectivity index is 0.000000218. The number of nitrogens with one attached hydrogen (secondary N) is 4. The number of aromatic nitrogens is 2. The molecule has 2 amide bonds. The van der Waals surface area contributed by atoms with E-state index in [9.17, 15) is 29.4 Å². The van der Waals surface area contributed by atoms with E-state index in [-0.39, 0.29) is 36.7 Å². The molecule has 14 nitrogen and oxygen atoms in total. The molecule has 0 unspecified atom stereocenters. The number of hydrogen-bond acceptors (Lipinski definition) is 10.